The first-order valence-corrected chi connectivity index (χ1v) is 12.8. The highest BCUT2D eigenvalue weighted by molar-refractivity contribution is 6.31. The molecule has 4 heterocycles. The van der Waals surface area contributed by atoms with Gasteiger partial charge in [-0.05, 0) is 68.5 Å². The zero-order valence-electron chi connectivity index (χ0n) is 20.2. The van der Waals surface area contributed by atoms with E-state index in [1.165, 1.54) is 11.8 Å². The van der Waals surface area contributed by atoms with Gasteiger partial charge >= 0.3 is 0 Å². The molecule has 9 nitrogen and oxygen atoms in total. The molecule has 36 heavy (non-hydrogen) atoms. The van der Waals surface area contributed by atoms with Gasteiger partial charge in [-0.15, -0.1) is 0 Å². The van der Waals surface area contributed by atoms with Crippen LogP contribution in [0.1, 0.15) is 47.3 Å². The second-order valence-electron chi connectivity index (χ2n) is 10.3. The molecule has 0 radical (unpaired) electrons. The van der Waals surface area contributed by atoms with Crippen LogP contribution in [0.4, 0.5) is 5.69 Å². The molecule has 2 amide bonds. The molecular weight excluding hydrogens is 480 g/mol. The lowest BCUT2D eigenvalue weighted by atomic mass is 9.73. The van der Waals surface area contributed by atoms with Crippen LogP contribution in [0, 0.1) is 5.92 Å². The van der Waals surface area contributed by atoms with Gasteiger partial charge in [-0.2, -0.15) is 5.10 Å². The summed E-state index contributed by atoms with van der Waals surface area (Å²) < 4.78 is 6.74. The smallest absolute Gasteiger partial charge is 0.273 e. The monoisotopic (exact) mass is 508 g/mol. The van der Waals surface area contributed by atoms with E-state index in [2.05, 4.69) is 26.7 Å². The van der Waals surface area contributed by atoms with Crippen molar-refractivity contribution in [1.82, 2.24) is 25.2 Å². The second-order valence-corrected chi connectivity index (χ2v) is 10.8. The number of benzene rings is 1. The van der Waals surface area contributed by atoms with E-state index in [0.29, 0.717) is 16.6 Å². The third-order valence-corrected chi connectivity index (χ3v) is 8.27. The minimum atomic E-state index is -0.459. The minimum absolute atomic E-state index is 0.173. The lowest BCUT2D eigenvalue weighted by molar-refractivity contribution is -0.124. The molecule has 1 spiro atoms. The fourth-order valence-corrected chi connectivity index (χ4v) is 6.18. The van der Waals surface area contributed by atoms with Crippen molar-refractivity contribution in [2.45, 2.75) is 50.2 Å². The number of hydrogen-bond donors (Lipinski definition) is 1. The molecule has 188 valence electrons. The molecule has 1 aromatic carbocycles. The Morgan fingerprint density at radius 3 is 2.81 bits per heavy atom. The number of anilines is 1. The molecule has 2 aromatic heterocycles. The molecule has 0 unspecified atom stereocenters. The molecule has 1 saturated heterocycles. The topological polar surface area (TPSA) is 96.5 Å². The van der Waals surface area contributed by atoms with Crippen LogP contribution in [0.15, 0.2) is 47.4 Å². The van der Waals surface area contributed by atoms with Crippen LogP contribution in [-0.4, -0.2) is 57.8 Å². The first kappa shape index (κ1) is 23.2. The number of rotatable bonds is 6. The van der Waals surface area contributed by atoms with Crippen LogP contribution >= 0.6 is 11.6 Å². The zero-order chi connectivity index (χ0) is 24.9. The van der Waals surface area contributed by atoms with E-state index in [-0.39, 0.29) is 17.9 Å². The second kappa shape index (κ2) is 9.05. The quantitative estimate of drug-likeness (QED) is 0.549. The predicted molar refractivity (Wildman–Crippen MR) is 134 cm³/mol. The normalized spacial score (nSPS) is 23.1. The van der Waals surface area contributed by atoms with E-state index >= 15 is 0 Å². The lowest BCUT2D eigenvalue weighted by Gasteiger charge is -2.38. The van der Waals surface area contributed by atoms with Gasteiger partial charge in [0.1, 0.15) is 6.26 Å². The number of fused-ring (bicyclic) bond motifs is 2. The number of nitrogens with zero attached hydrogens (tertiary/aromatic N) is 5. The van der Waals surface area contributed by atoms with Crippen molar-refractivity contribution in [3.8, 4) is 0 Å². The average molecular weight is 509 g/mol. The number of hydrogen-bond acceptors (Lipinski definition) is 6. The molecule has 2 aliphatic heterocycles. The van der Waals surface area contributed by atoms with Crippen LogP contribution in [0.2, 0.25) is 5.02 Å². The Kier molecular flexibility index (Phi) is 5.84. The summed E-state index contributed by atoms with van der Waals surface area (Å²) in [5.41, 5.74) is 3.09. The molecule has 1 aliphatic carbocycles. The maximum Gasteiger partial charge on any atom is 0.273 e. The van der Waals surface area contributed by atoms with Gasteiger partial charge < -0.3 is 14.7 Å². The summed E-state index contributed by atoms with van der Waals surface area (Å²) in [5, 5.41) is 11.9. The van der Waals surface area contributed by atoms with E-state index in [0.717, 1.165) is 63.1 Å². The number of carbonyl (C=O) groups excluding carboxylic acids is 2. The van der Waals surface area contributed by atoms with E-state index < -0.39 is 5.41 Å². The average Bonchev–Trinajstić information content (AvgIpc) is 3.58. The molecule has 0 atom stereocenters. The first-order valence-electron chi connectivity index (χ1n) is 12.4. The Bertz CT molecular complexity index is 1270. The molecule has 3 aromatic rings. The molecule has 1 N–H and O–H groups in total. The summed E-state index contributed by atoms with van der Waals surface area (Å²) in [6.45, 7) is 3.37. The van der Waals surface area contributed by atoms with Crippen LogP contribution in [0.25, 0.3) is 0 Å². The van der Waals surface area contributed by atoms with Crippen LogP contribution in [0.3, 0.4) is 0 Å². The molecular formula is C26H29ClN6O3. The number of piperidine rings is 1. The third kappa shape index (κ3) is 4.10. The molecule has 2 fully saturated rings. The van der Waals surface area contributed by atoms with Gasteiger partial charge in [0.25, 0.3) is 5.91 Å². The SMILES string of the molecule is CN1C(=O)C2(CCN(Cc3cnn(C[C@H]4C[C@@H](NC(=O)c5ccon5)C4)c3)CC2)c2cc(Cl)ccc21. The highest BCUT2D eigenvalue weighted by atomic mass is 35.5. The molecule has 10 heteroatoms. The largest absolute Gasteiger partial charge is 0.364 e. The van der Waals surface area contributed by atoms with Crippen molar-refractivity contribution in [2.75, 3.05) is 25.0 Å². The van der Waals surface area contributed by atoms with Crippen LogP contribution in [-0.2, 0) is 23.3 Å². The number of amides is 2. The fraction of sp³-hybridized carbons (Fsp3) is 0.462. The van der Waals surface area contributed by atoms with Gasteiger partial charge in [0.05, 0.1) is 11.6 Å². The number of likely N-dealkylation sites (N-methyl/N-ethyl adjacent to an activating group) is 1. The van der Waals surface area contributed by atoms with Gasteiger partial charge in [-0.3, -0.25) is 19.2 Å². The molecule has 1 saturated carbocycles. The van der Waals surface area contributed by atoms with Gasteiger partial charge in [0.15, 0.2) is 5.69 Å². The Morgan fingerprint density at radius 2 is 2.06 bits per heavy atom. The summed E-state index contributed by atoms with van der Waals surface area (Å²) >= 11 is 6.29. The molecule has 6 rings (SSSR count). The Hall–Kier alpha value is -3.17. The van der Waals surface area contributed by atoms with Crippen LogP contribution < -0.4 is 10.2 Å². The summed E-state index contributed by atoms with van der Waals surface area (Å²) in [4.78, 5) is 29.5. The lowest BCUT2D eigenvalue weighted by Crippen LogP contribution is -2.47. The highest BCUT2D eigenvalue weighted by Crippen LogP contribution is 2.48. The molecule has 0 bridgehead atoms. The van der Waals surface area contributed by atoms with Crippen molar-refractivity contribution in [3.63, 3.8) is 0 Å². The van der Waals surface area contributed by atoms with Gasteiger partial charge in [-0.25, -0.2) is 0 Å². The van der Waals surface area contributed by atoms with E-state index in [1.807, 2.05) is 36.1 Å². The summed E-state index contributed by atoms with van der Waals surface area (Å²) in [6.07, 6.45) is 8.91. The Labute approximate surface area is 214 Å². The predicted octanol–water partition coefficient (Wildman–Crippen LogP) is 3.24. The number of halogens is 1. The van der Waals surface area contributed by atoms with Gasteiger partial charge in [0, 0.05) is 54.7 Å². The zero-order valence-corrected chi connectivity index (χ0v) is 20.9. The van der Waals surface area contributed by atoms with Crippen molar-refractivity contribution in [3.05, 3.63) is 64.8 Å². The minimum Gasteiger partial charge on any atom is -0.364 e. The first-order chi connectivity index (χ1) is 17.4. The Morgan fingerprint density at radius 1 is 1.25 bits per heavy atom. The highest BCUT2D eigenvalue weighted by Gasteiger charge is 2.51. The van der Waals surface area contributed by atoms with Crippen molar-refractivity contribution in [2.24, 2.45) is 5.92 Å². The van der Waals surface area contributed by atoms with Crippen molar-refractivity contribution < 1.29 is 14.1 Å². The number of carbonyl (C=O) groups is 2. The third-order valence-electron chi connectivity index (χ3n) is 8.04. The maximum absolute atomic E-state index is 13.2. The standard InChI is InChI=1S/C26H29ClN6O3/c1-31-23-3-2-19(27)12-21(23)26(25(31)35)5-7-32(8-6-26)14-18-13-28-33(16-18)15-17-10-20(11-17)29-24(34)22-4-9-36-30-22/h2-4,9,12-13,16-17,20H,5-8,10-11,14-15H2,1H3,(H,29,34)/t17-,20+. The number of nitrogens with one attached hydrogen (secondary N) is 1. The maximum atomic E-state index is 13.2. The fourth-order valence-electron chi connectivity index (χ4n) is 6.01. The van der Waals surface area contributed by atoms with Crippen molar-refractivity contribution >= 4 is 29.1 Å². The summed E-state index contributed by atoms with van der Waals surface area (Å²) in [5.74, 6) is 0.491. The van der Waals surface area contributed by atoms with Crippen molar-refractivity contribution in [1.29, 1.82) is 0 Å². The number of aromatic nitrogens is 3. The van der Waals surface area contributed by atoms with Gasteiger partial charge in [-0.1, -0.05) is 16.8 Å². The van der Waals surface area contributed by atoms with E-state index in [9.17, 15) is 9.59 Å². The van der Waals surface area contributed by atoms with Crippen LogP contribution in [0.5, 0.6) is 0 Å². The summed E-state index contributed by atoms with van der Waals surface area (Å²) in [7, 11) is 1.86. The summed E-state index contributed by atoms with van der Waals surface area (Å²) in [6, 6.07) is 7.53. The van der Waals surface area contributed by atoms with E-state index in [1.54, 1.807) is 11.0 Å². The Balaban J connectivity index is 1.00. The molecule has 3 aliphatic rings. The number of likely N-dealkylation sites (tertiary alicyclic amines) is 1. The van der Waals surface area contributed by atoms with E-state index in [4.69, 9.17) is 16.1 Å². The van der Waals surface area contributed by atoms with Gasteiger partial charge in [0.2, 0.25) is 5.91 Å².